The van der Waals surface area contributed by atoms with Gasteiger partial charge in [-0.2, -0.15) is 0 Å². The summed E-state index contributed by atoms with van der Waals surface area (Å²) in [6.45, 7) is 10.3. The number of aryl methyl sites for hydroxylation is 2. The van der Waals surface area contributed by atoms with Crippen LogP contribution < -0.4 is 4.74 Å². The van der Waals surface area contributed by atoms with Gasteiger partial charge in [0.25, 0.3) is 0 Å². The predicted octanol–water partition coefficient (Wildman–Crippen LogP) is 5.12. The molecule has 0 aliphatic carbocycles. The van der Waals surface area contributed by atoms with E-state index in [9.17, 15) is 9.90 Å². The highest BCUT2D eigenvalue weighted by Crippen LogP contribution is 2.43. The van der Waals surface area contributed by atoms with Gasteiger partial charge in [-0.3, -0.25) is 0 Å². The molecule has 1 unspecified atom stereocenters. The average Bonchev–Trinajstić information content (AvgIpc) is 3.06. The molecular weight excluding hydrogens is 392 g/mol. The van der Waals surface area contributed by atoms with E-state index in [1.165, 1.54) is 5.56 Å². The van der Waals surface area contributed by atoms with Crippen molar-refractivity contribution in [3.05, 3.63) is 46.8 Å². The summed E-state index contributed by atoms with van der Waals surface area (Å²) in [6, 6.07) is 6.05. The fourth-order valence-corrected chi connectivity index (χ4v) is 4.48. The van der Waals surface area contributed by atoms with Crippen molar-refractivity contribution in [2.24, 2.45) is 7.05 Å². The highest BCUT2D eigenvalue weighted by atomic mass is 16.5. The Morgan fingerprint density at radius 1 is 1.26 bits per heavy atom. The Morgan fingerprint density at radius 2 is 2.00 bits per heavy atom. The maximum absolute atomic E-state index is 12.4. The number of ether oxygens (including phenoxy) is 2. The first-order valence-electron chi connectivity index (χ1n) is 10.7. The number of aliphatic carboxylic acids is 1. The summed E-state index contributed by atoms with van der Waals surface area (Å²) in [6.07, 6.45) is 2.76. The number of hydrogen-bond acceptors (Lipinski definition) is 4. The number of rotatable bonds is 4. The summed E-state index contributed by atoms with van der Waals surface area (Å²) in [5.74, 6) is -0.0971. The molecule has 0 fully saturated rings. The Kier molecular flexibility index (Phi) is 5.30. The zero-order valence-corrected chi connectivity index (χ0v) is 19.1. The highest BCUT2D eigenvalue weighted by Gasteiger charge is 2.33. The van der Waals surface area contributed by atoms with E-state index in [0.717, 1.165) is 52.9 Å². The number of hydrogen-bond donors (Lipinski definition) is 1. The van der Waals surface area contributed by atoms with Crippen molar-refractivity contribution in [2.75, 3.05) is 6.61 Å². The number of carbonyl (C=O) groups is 1. The van der Waals surface area contributed by atoms with Crippen LogP contribution in [0.25, 0.3) is 22.2 Å². The summed E-state index contributed by atoms with van der Waals surface area (Å²) in [5, 5.41) is 11.1. The first-order chi connectivity index (χ1) is 14.6. The first kappa shape index (κ1) is 21.4. The van der Waals surface area contributed by atoms with Crippen LogP contribution in [0, 0.1) is 13.8 Å². The number of fused-ring (bicyclic) bond motifs is 2. The molecule has 164 valence electrons. The molecule has 6 nitrogen and oxygen atoms in total. The quantitative estimate of drug-likeness (QED) is 0.631. The lowest BCUT2D eigenvalue weighted by atomic mass is 9.87. The van der Waals surface area contributed by atoms with Gasteiger partial charge in [0.1, 0.15) is 11.4 Å². The van der Waals surface area contributed by atoms with E-state index in [4.69, 9.17) is 14.5 Å². The van der Waals surface area contributed by atoms with E-state index in [0.29, 0.717) is 11.3 Å². The minimum atomic E-state index is -1.13. The van der Waals surface area contributed by atoms with Gasteiger partial charge in [0.05, 0.1) is 12.2 Å². The van der Waals surface area contributed by atoms with Crippen molar-refractivity contribution < 1.29 is 19.4 Å². The molecule has 0 saturated carbocycles. The van der Waals surface area contributed by atoms with E-state index in [-0.39, 0.29) is 0 Å². The van der Waals surface area contributed by atoms with Gasteiger partial charge in [-0.05, 0) is 76.3 Å². The monoisotopic (exact) mass is 422 g/mol. The highest BCUT2D eigenvalue weighted by molar-refractivity contribution is 5.98. The molecule has 0 radical (unpaired) electrons. The largest absolute Gasteiger partial charge is 0.493 e. The molecule has 0 saturated heterocycles. The van der Waals surface area contributed by atoms with Gasteiger partial charge in [0, 0.05) is 35.5 Å². The Balaban J connectivity index is 2.06. The Hall–Kier alpha value is -2.86. The molecule has 0 amide bonds. The second-order valence-electron chi connectivity index (χ2n) is 9.27. The van der Waals surface area contributed by atoms with Crippen LogP contribution in [-0.2, 0) is 23.0 Å². The third kappa shape index (κ3) is 3.81. The van der Waals surface area contributed by atoms with Crippen LogP contribution in [0.15, 0.2) is 24.4 Å². The summed E-state index contributed by atoms with van der Waals surface area (Å²) in [4.78, 5) is 17.2. The van der Waals surface area contributed by atoms with E-state index in [2.05, 4.69) is 6.92 Å². The first-order valence-corrected chi connectivity index (χ1v) is 10.7. The van der Waals surface area contributed by atoms with Gasteiger partial charge >= 0.3 is 5.97 Å². The molecule has 0 bridgehead atoms. The zero-order chi connectivity index (χ0) is 22.5. The Morgan fingerprint density at radius 3 is 2.68 bits per heavy atom. The summed E-state index contributed by atoms with van der Waals surface area (Å²) in [7, 11) is 1.95. The summed E-state index contributed by atoms with van der Waals surface area (Å²) in [5.41, 5.74) is 5.66. The van der Waals surface area contributed by atoms with Gasteiger partial charge in [-0.25, -0.2) is 9.78 Å². The molecule has 1 aliphatic rings. The molecular formula is C25H30N2O4. The van der Waals surface area contributed by atoms with Crippen molar-refractivity contribution in [3.63, 3.8) is 0 Å². The molecule has 2 aromatic heterocycles. The Labute approximate surface area is 182 Å². The molecule has 3 heterocycles. The molecule has 3 aromatic rings. The van der Waals surface area contributed by atoms with Crippen LogP contribution >= 0.6 is 0 Å². The third-order valence-electron chi connectivity index (χ3n) is 5.85. The number of carboxylic acid groups (broad SMARTS) is 1. The van der Waals surface area contributed by atoms with Crippen LogP contribution in [0.4, 0.5) is 0 Å². The second kappa shape index (κ2) is 7.68. The number of carboxylic acids is 1. The van der Waals surface area contributed by atoms with Gasteiger partial charge in [0.15, 0.2) is 6.10 Å². The van der Waals surface area contributed by atoms with Crippen molar-refractivity contribution >= 4 is 17.0 Å². The topological polar surface area (TPSA) is 73.6 Å². The van der Waals surface area contributed by atoms with Gasteiger partial charge in [-0.15, -0.1) is 0 Å². The molecule has 6 heteroatoms. The zero-order valence-electron chi connectivity index (χ0n) is 19.1. The third-order valence-corrected chi connectivity index (χ3v) is 5.85. The lowest BCUT2D eigenvalue weighted by Crippen LogP contribution is -2.28. The smallest absolute Gasteiger partial charge is 0.337 e. The van der Waals surface area contributed by atoms with Crippen molar-refractivity contribution in [2.45, 2.75) is 59.2 Å². The number of pyridine rings is 1. The average molecular weight is 423 g/mol. The predicted molar refractivity (Wildman–Crippen MR) is 121 cm³/mol. The standard InChI is InChI=1S/C25H30N2O4/c1-14-16-8-7-13-30-19(16)10-9-17(14)21-18-11-12-27(6)23(18)26-15(2)20(21)22(24(28)29)31-25(3,4)5/h9-12,22H,7-8,13H2,1-6H3,(H,28,29). The van der Waals surface area contributed by atoms with Crippen LogP contribution in [0.3, 0.4) is 0 Å². The minimum Gasteiger partial charge on any atom is -0.493 e. The van der Waals surface area contributed by atoms with Crippen molar-refractivity contribution in [3.8, 4) is 16.9 Å². The van der Waals surface area contributed by atoms with Gasteiger partial charge in [-0.1, -0.05) is 6.07 Å². The minimum absolute atomic E-state index is 0.612. The molecule has 0 spiro atoms. The SMILES string of the molecule is Cc1nc2c(ccn2C)c(-c2ccc3c(c2C)CCCO3)c1C(OC(C)(C)C)C(=O)O. The summed E-state index contributed by atoms with van der Waals surface area (Å²) < 4.78 is 13.9. The fraction of sp³-hybridized carbons (Fsp3) is 0.440. The number of benzene rings is 1. The maximum Gasteiger partial charge on any atom is 0.337 e. The molecule has 1 N–H and O–H groups in total. The molecule has 1 aromatic carbocycles. The van der Waals surface area contributed by atoms with Gasteiger partial charge in [0.2, 0.25) is 0 Å². The van der Waals surface area contributed by atoms with Gasteiger partial charge < -0.3 is 19.1 Å². The lowest BCUT2D eigenvalue weighted by Gasteiger charge is -2.29. The van der Waals surface area contributed by atoms with Crippen LogP contribution in [0.5, 0.6) is 5.75 Å². The Bertz CT molecular complexity index is 1170. The fourth-order valence-electron chi connectivity index (χ4n) is 4.48. The molecule has 1 aliphatic heterocycles. The molecule has 31 heavy (non-hydrogen) atoms. The van der Waals surface area contributed by atoms with E-state index >= 15 is 0 Å². The normalized spacial score (nSPS) is 14.9. The number of nitrogens with zero attached hydrogens (tertiary/aromatic N) is 2. The van der Waals surface area contributed by atoms with E-state index in [1.54, 1.807) is 0 Å². The van der Waals surface area contributed by atoms with Crippen molar-refractivity contribution in [1.82, 2.24) is 9.55 Å². The lowest BCUT2D eigenvalue weighted by molar-refractivity contribution is -0.160. The van der Waals surface area contributed by atoms with E-state index < -0.39 is 17.7 Å². The second-order valence-corrected chi connectivity index (χ2v) is 9.27. The molecule has 1 atom stereocenters. The number of aromatic nitrogens is 2. The summed E-state index contributed by atoms with van der Waals surface area (Å²) >= 11 is 0. The van der Waals surface area contributed by atoms with E-state index in [1.807, 2.05) is 63.7 Å². The molecule has 4 rings (SSSR count). The van der Waals surface area contributed by atoms with Crippen LogP contribution in [-0.4, -0.2) is 32.8 Å². The van der Waals surface area contributed by atoms with Crippen LogP contribution in [0.2, 0.25) is 0 Å². The maximum atomic E-state index is 12.4. The van der Waals surface area contributed by atoms with Crippen molar-refractivity contribution in [1.29, 1.82) is 0 Å². The van der Waals surface area contributed by atoms with Crippen LogP contribution in [0.1, 0.15) is 55.7 Å².